The van der Waals surface area contributed by atoms with Crippen LogP contribution in [0, 0.1) is 5.92 Å². The van der Waals surface area contributed by atoms with Gasteiger partial charge in [0, 0.05) is 36.7 Å². The van der Waals surface area contributed by atoms with Crippen molar-refractivity contribution >= 4 is 24.2 Å². The Morgan fingerprint density at radius 2 is 1.81 bits per heavy atom. The third-order valence-electron chi connectivity index (χ3n) is 5.63. The van der Waals surface area contributed by atoms with E-state index in [2.05, 4.69) is 10.3 Å². The van der Waals surface area contributed by atoms with Gasteiger partial charge in [0.25, 0.3) is 0 Å². The molecule has 0 radical (unpaired) electrons. The highest BCUT2D eigenvalue weighted by Gasteiger charge is 2.45. The van der Waals surface area contributed by atoms with Crippen molar-refractivity contribution in [2.24, 2.45) is 5.92 Å². The fourth-order valence-electron chi connectivity index (χ4n) is 4.29. The molecule has 1 aromatic carbocycles. The second kappa shape index (κ2) is 9.09. The van der Waals surface area contributed by atoms with Gasteiger partial charge in [0.15, 0.2) is 0 Å². The Kier molecular flexibility index (Phi) is 6.56. The average Bonchev–Trinajstić information content (AvgIpc) is 3.01. The molecule has 1 N–H and O–H groups in total. The largest absolute Gasteiger partial charge is 0.445 e. The highest BCUT2D eigenvalue weighted by Crippen LogP contribution is 2.39. The van der Waals surface area contributed by atoms with Crippen molar-refractivity contribution in [3.63, 3.8) is 0 Å². The van der Waals surface area contributed by atoms with E-state index in [4.69, 9.17) is 4.74 Å². The Morgan fingerprint density at radius 1 is 1.07 bits per heavy atom. The summed E-state index contributed by atoms with van der Waals surface area (Å²) in [6, 6.07) is 14.5. The summed E-state index contributed by atoms with van der Waals surface area (Å²) in [5.41, 5.74) is 2.11. The number of hydrogen-bond acceptors (Lipinski definition) is 4. The first kappa shape index (κ1) is 19.5. The molecule has 0 aliphatic carbocycles. The van der Waals surface area contributed by atoms with Gasteiger partial charge in [0.1, 0.15) is 6.61 Å². The van der Waals surface area contributed by atoms with Gasteiger partial charge in [-0.25, -0.2) is 4.79 Å². The minimum absolute atomic E-state index is 0. The highest BCUT2D eigenvalue weighted by molar-refractivity contribution is 5.85. The van der Waals surface area contributed by atoms with Crippen LogP contribution in [-0.4, -0.2) is 34.6 Å². The van der Waals surface area contributed by atoms with Crippen molar-refractivity contribution in [3.8, 4) is 0 Å². The molecule has 2 aliphatic heterocycles. The summed E-state index contributed by atoms with van der Waals surface area (Å²) in [7, 11) is 0. The third kappa shape index (κ3) is 4.53. The Labute approximate surface area is 166 Å². The Bertz CT molecular complexity index is 729. The molecule has 2 fully saturated rings. The van der Waals surface area contributed by atoms with Crippen LogP contribution in [0.5, 0.6) is 0 Å². The lowest BCUT2D eigenvalue weighted by molar-refractivity contribution is 0.0494. The first-order valence-electron chi connectivity index (χ1n) is 9.44. The van der Waals surface area contributed by atoms with E-state index in [1.807, 2.05) is 47.4 Å². The first-order valence-corrected chi connectivity index (χ1v) is 9.44. The van der Waals surface area contributed by atoms with Gasteiger partial charge in [-0.1, -0.05) is 30.3 Å². The van der Waals surface area contributed by atoms with Gasteiger partial charge < -0.3 is 15.0 Å². The van der Waals surface area contributed by atoms with Crippen molar-refractivity contribution in [1.82, 2.24) is 9.88 Å². The highest BCUT2D eigenvalue weighted by atomic mass is 35.5. The second-order valence-corrected chi connectivity index (χ2v) is 7.20. The fraction of sp³-hybridized carbons (Fsp3) is 0.429. The summed E-state index contributed by atoms with van der Waals surface area (Å²) in [6.07, 6.45) is 7.83. The summed E-state index contributed by atoms with van der Waals surface area (Å²) >= 11 is 0. The summed E-state index contributed by atoms with van der Waals surface area (Å²) in [6.45, 7) is 1.22. The standard InChI is InChI=1S/C21H25N3O2.ClH/c25-21(26-15-16-4-2-1-3-5-16)24-19-7-6-17(20(24)9-8-19)14-23-18-10-12-22-13-11-18;/h1-5,10-13,17,19-20H,6-9,14-15H2,(H,22,23);1H. The average molecular weight is 388 g/mol. The maximum atomic E-state index is 12.7. The molecule has 27 heavy (non-hydrogen) atoms. The van der Waals surface area contributed by atoms with E-state index >= 15 is 0 Å². The SMILES string of the molecule is Cl.O=C(OCc1ccccc1)N1C2CCC(CNc3ccncc3)C1CC2. The maximum Gasteiger partial charge on any atom is 0.410 e. The quantitative estimate of drug-likeness (QED) is 0.820. The molecule has 2 bridgehead atoms. The van der Waals surface area contributed by atoms with Gasteiger partial charge in [0.05, 0.1) is 0 Å². The van der Waals surface area contributed by atoms with Gasteiger partial charge in [-0.15, -0.1) is 12.4 Å². The Balaban J connectivity index is 0.00000210. The molecule has 3 unspecified atom stereocenters. The lowest BCUT2D eigenvalue weighted by atomic mass is 9.90. The zero-order valence-electron chi connectivity index (χ0n) is 15.3. The van der Waals surface area contributed by atoms with E-state index in [0.717, 1.165) is 43.5 Å². The fourth-order valence-corrected chi connectivity index (χ4v) is 4.29. The van der Waals surface area contributed by atoms with Crippen LogP contribution in [0.25, 0.3) is 0 Å². The number of carbonyl (C=O) groups excluding carboxylic acids is 1. The number of rotatable bonds is 5. The summed E-state index contributed by atoms with van der Waals surface area (Å²) in [5, 5.41) is 3.50. The number of ether oxygens (including phenoxy) is 1. The monoisotopic (exact) mass is 387 g/mol. The van der Waals surface area contributed by atoms with E-state index in [9.17, 15) is 4.79 Å². The molecule has 2 saturated heterocycles. The van der Waals surface area contributed by atoms with Crippen LogP contribution in [0.2, 0.25) is 0 Å². The van der Waals surface area contributed by atoms with Crippen molar-refractivity contribution in [2.75, 3.05) is 11.9 Å². The number of pyridine rings is 1. The van der Waals surface area contributed by atoms with Gasteiger partial charge in [0.2, 0.25) is 0 Å². The molecule has 3 atom stereocenters. The van der Waals surface area contributed by atoms with Gasteiger partial charge in [-0.2, -0.15) is 0 Å². The number of aromatic nitrogens is 1. The van der Waals surface area contributed by atoms with Crippen LogP contribution in [0.1, 0.15) is 31.2 Å². The number of halogens is 1. The first-order chi connectivity index (χ1) is 12.8. The number of benzene rings is 1. The number of nitrogens with zero attached hydrogens (tertiary/aromatic N) is 2. The van der Waals surface area contributed by atoms with Crippen molar-refractivity contribution in [3.05, 3.63) is 60.4 Å². The molecule has 144 valence electrons. The number of hydrogen-bond donors (Lipinski definition) is 1. The summed E-state index contributed by atoms with van der Waals surface area (Å²) < 4.78 is 5.62. The minimum atomic E-state index is -0.157. The van der Waals surface area contributed by atoms with E-state index < -0.39 is 0 Å². The molecule has 6 heteroatoms. The van der Waals surface area contributed by atoms with Crippen LogP contribution >= 0.6 is 12.4 Å². The van der Waals surface area contributed by atoms with Crippen LogP contribution in [0.15, 0.2) is 54.9 Å². The van der Waals surface area contributed by atoms with Gasteiger partial charge in [-0.05, 0) is 49.3 Å². The normalized spacial score (nSPS) is 23.4. The summed E-state index contributed by atoms with van der Waals surface area (Å²) in [4.78, 5) is 18.8. The Morgan fingerprint density at radius 3 is 2.59 bits per heavy atom. The number of anilines is 1. The number of nitrogens with one attached hydrogen (secondary N) is 1. The van der Waals surface area contributed by atoms with Crippen LogP contribution in [-0.2, 0) is 11.3 Å². The van der Waals surface area contributed by atoms with Gasteiger partial charge >= 0.3 is 6.09 Å². The topological polar surface area (TPSA) is 54.5 Å². The predicted molar refractivity (Wildman–Crippen MR) is 108 cm³/mol. The molecule has 1 amide bonds. The number of piperidine rings is 1. The van der Waals surface area contributed by atoms with E-state index in [1.165, 1.54) is 0 Å². The molecular formula is C21H26ClN3O2. The van der Waals surface area contributed by atoms with Gasteiger partial charge in [-0.3, -0.25) is 4.98 Å². The lowest BCUT2D eigenvalue weighted by Crippen LogP contribution is -2.49. The molecule has 1 aromatic heterocycles. The maximum absolute atomic E-state index is 12.7. The molecular weight excluding hydrogens is 362 g/mol. The molecule has 4 rings (SSSR count). The summed E-state index contributed by atoms with van der Waals surface area (Å²) in [5.74, 6) is 0.464. The Hall–Kier alpha value is -2.27. The number of carbonyl (C=O) groups is 1. The minimum Gasteiger partial charge on any atom is -0.445 e. The molecule has 2 aliphatic rings. The number of amides is 1. The molecule has 0 saturated carbocycles. The molecule has 3 heterocycles. The van der Waals surface area contributed by atoms with Crippen LogP contribution in [0.3, 0.4) is 0 Å². The zero-order chi connectivity index (χ0) is 17.8. The van der Waals surface area contributed by atoms with Crippen molar-refractivity contribution < 1.29 is 9.53 Å². The van der Waals surface area contributed by atoms with E-state index in [1.54, 1.807) is 12.4 Å². The predicted octanol–water partition coefficient (Wildman–Crippen LogP) is 4.50. The van der Waals surface area contributed by atoms with Crippen LogP contribution in [0.4, 0.5) is 10.5 Å². The number of fused-ring (bicyclic) bond motifs is 2. The lowest BCUT2D eigenvalue weighted by Gasteiger charge is -2.39. The molecule has 0 spiro atoms. The van der Waals surface area contributed by atoms with Crippen LogP contribution < -0.4 is 5.32 Å². The molecule has 2 aromatic rings. The second-order valence-electron chi connectivity index (χ2n) is 7.20. The van der Waals surface area contributed by atoms with E-state index in [0.29, 0.717) is 18.6 Å². The smallest absolute Gasteiger partial charge is 0.410 e. The molecule has 5 nitrogen and oxygen atoms in total. The van der Waals surface area contributed by atoms with E-state index in [-0.39, 0.29) is 24.5 Å². The zero-order valence-corrected chi connectivity index (χ0v) is 16.1. The van der Waals surface area contributed by atoms with Crippen molar-refractivity contribution in [1.29, 1.82) is 0 Å². The third-order valence-corrected chi connectivity index (χ3v) is 5.63. The van der Waals surface area contributed by atoms with Crippen molar-refractivity contribution in [2.45, 2.75) is 44.4 Å².